The number of thioether (sulfide) groups is 1. The van der Waals surface area contributed by atoms with Crippen molar-refractivity contribution in [3.05, 3.63) is 41.6 Å². The number of nitrogens with zero attached hydrogens (tertiary/aromatic N) is 1. The van der Waals surface area contributed by atoms with Crippen LogP contribution in [0.3, 0.4) is 0 Å². The molecule has 1 aromatic heterocycles. The number of rotatable bonds is 4. The van der Waals surface area contributed by atoms with Crippen LogP contribution >= 0.6 is 11.8 Å². The van der Waals surface area contributed by atoms with Gasteiger partial charge in [0.05, 0.1) is 10.8 Å². The van der Waals surface area contributed by atoms with E-state index in [1.807, 2.05) is 37.3 Å². The number of fused-ring (bicyclic) bond motifs is 1. The molecule has 1 N–H and O–H groups in total. The highest BCUT2D eigenvalue weighted by Gasteiger charge is 2.12. The molecule has 0 fully saturated rings. The van der Waals surface area contributed by atoms with Crippen LogP contribution in [0.1, 0.15) is 18.2 Å². The number of hydrogen-bond donors (Lipinski definition) is 1. The van der Waals surface area contributed by atoms with E-state index in [1.54, 1.807) is 6.92 Å². The van der Waals surface area contributed by atoms with Gasteiger partial charge in [0.15, 0.2) is 0 Å². The fraction of sp³-hybridized carbons (Fsp3) is 0.286. The first kappa shape index (κ1) is 12.9. The van der Waals surface area contributed by atoms with E-state index in [1.165, 1.54) is 11.8 Å². The van der Waals surface area contributed by atoms with Crippen molar-refractivity contribution in [3.63, 3.8) is 0 Å². The van der Waals surface area contributed by atoms with Gasteiger partial charge in [0, 0.05) is 16.8 Å². The van der Waals surface area contributed by atoms with Crippen molar-refractivity contribution in [3.8, 4) is 0 Å². The molecule has 0 aliphatic heterocycles. The standard InChI is InChI=1S/C14H15NO2S/c1-9-7-11(8-18-10(2)14(16)17)12-5-3-4-6-13(12)15-9/h3-7,10H,8H2,1-2H3,(H,16,17). The van der Waals surface area contributed by atoms with Gasteiger partial charge in [0.2, 0.25) is 0 Å². The second kappa shape index (κ2) is 5.40. The lowest BCUT2D eigenvalue weighted by atomic mass is 10.1. The number of carbonyl (C=O) groups is 1. The lowest BCUT2D eigenvalue weighted by molar-refractivity contribution is -0.136. The first-order valence-corrected chi connectivity index (χ1v) is 6.82. The number of aromatic nitrogens is 1. The minimum atomic E-state index is -0.768. The van der Waals surface area contributed by atoms with Gasteiger partial charge < -0.3 is 5.11 Å². The van der Waals surface area contributed by atoms with Crippen molar-refractivity contribution in [2.24, 2.45) is 0 Å². The maximum absolute atomic E-state index is 10.8. The van der Waals surface area contributed by atoms with Crippen LogP contribution in [0.15, 0.2) is 30.3 Å². The molecule has 1 aromatic carbocycles. The van der Waals surface area contributed by atoms with Crippen LogP contribution < -0.4 is 0 Å². The zero-order valence-corrected chi connectivity index (χ0v) is 11.2. The number of pyridine rings is 1. The summed E-state index contributed by atoms with van der Waals surface area (Å²) in [6, 6.07) is 9.99. The first-order valence-electron chi connectivity index (χ1n) is 5.77. The summed E-state index contributed by atoms with van der Waals surface area (Å²) in [5, 5.41) is 9.61. The number of aryl methyl sites for hydroxylation is 1. The van der Waals surface area contributed by atoms with Crippen molar-refractivity contribution in [1.82, 2.24) is 4.98 Å². The van der Waals surface area contributed by atoms with Crippen LogP contribution in [0, 0.1) is 6.92 Å². The molecule has 0 aliphatic rings. The number of para-hydroxylation sites is 1. The fourth-order valence-electron chi connectivity index (χ4n) is 1.80. The van der Waals surface area contributed by atoms with E-state index in [0.717, 1.165) is 22.2 Å². The minimum Gasteiger partial charge on any atom is -0.480 e. The molecule has 1 heterocycles. The molecule has 1 atom stereocenters. The van der Waals surface area contributed by atoms with E-state index in [9.17, 15) is 4.79 Å². The molecular formula is C14H15NO2S. The molecule has 2 aromatic rings. The Labute approximate surface area is 110 Å². The summed E-state index contributed by atoms with van der Waals surface area (Å²) in [5.41, 5.74) is 3.08. The van der Waals surface area contributed by atoms with Crippen LogP contribution in [0.25, 0.3) is 10.9 Å². The highest BCUT2D eigenvalue weighted by molar-refractivity contribution is 7.99. The zero-order chi connectivity index (χ0) is 13.1. The summed E-state index contributed by atoms with van der Waals surface area (Å²) < 4.78 is 0. The molecule has 3 nitrogen and oxygen atoms in total. The van der Waals surface area contributed by atoms with Crippen molar-refractivity contribution in [1.29, 1.82) is 0 Å². The second-order valence-corrected chi connectivity index (χ2v) is 5.56. The molecule has 0 saturated carbocycles. The van der Waals surface area contributed by atoms with Gasteiger partial charge in [-0.15, -0.1) is 11.8 Å². The maximum atomic E-state index is 10.8. The molecule has 0 radical (unpaired) electrons. The van der Waals surface area contributed by atoms with Crippen LogP contribution in [-0.2, 0) is 10.5 Å². The van der Waals surface area contributed by atoms with Gasteiger partial charge in [-0.1, -0.05) is 18.2 Å². The minimum absolute atomic E-state index is 0.391. The van der Waals surface area contributed by atoms with E-state index in [2.05, 4.69) is 4.98 Å². The Hall–Kier alpha value is -1.55. The number of hydrogen-bond acceptors (Lipinski definition) is 3. The van der Waals surface area contributed by atoms with Crippen molar-refractivity contribution < 1.29 is 9.90 Å². The Bertz CT molecular complexity index is 583. The lowest BCUT2D eigenvalue weighted by Crippen LogP contribution is -2.11. The average molecular weight is 261 g/mol. The molecule has 0 aliphatic carbocycles. The molecular weight excluding hydrogens is 246 g/mol. The van der Waals surface area contributed by atoms with E-state index >= 15 is 0 Å². The van der Waals surface area contributed by atoms with Crippen molar-refractivity contribution >= 4 is 28.6 Å². The van der Waals surface area contributed by atoms with Gasteiger partial charge >= 0.3 is 5.97 Å². The Morgan fingerprint density at radius 2 is 2.17 bits per heavy atom. The molecule has 2 rings (SSSR count). The summed E-state index contributed by atoms with van der Waals surface area (Å²) in [6.45, 7) is 3.67. The van der Waals surface area contributed by atoms with Gasteiger partial charge in [0.1, 0.15) is 0 Å². The summed E-state index contributed by atoms with van der Waals surface area (Å²) in [7, 11) is 0. The van der Waals surface area contributed by atoms with Crippen LogP contribution in [0.2, 0.25) is 0 Å². The third-order valence-electron chi connectivity index (χ3n) is 2.77. The fourth-order valence-corrected chi connectivity index (χ4v) is 2.61. The Balaban J connectivity index is 2.29. The predicted octanol–water partition coefficient (Wildman–Crippen LogP) is 3.25. The van der Waals surface area contributed by atoms with Crippen molar-refractivity contribution in [2.75, 3.05) is 0 Å². The van der Waals surface area contributed by atoms with Gasteiger partial charge in [-0.25, -0.2) is 0 Å². The number of aliphatic carboxylic acids is 1. The highest BCUT2D eigenvalue weighted by Crippen LogP contribution is 2.24. The first-order chi connectivity index (χ1) is 8.58. The van der Waals surface area contributed by atoms with Gasteiger partial charge in [-0.3, -0.25) is 9.78 Å². The molecule has 94 valence electrons. The van der Waals surface area contributed by atoms with Gasteiger partial charge in [-0.2, -0.15) is 0 Å². The quantitative estimate of drug-likeness (QED) is 0.917. The SMILES string of the molecule is Cc1cc(CSC(C)C(=O)O)c2ccccc2n1. The molecule has 0 saturated heterocycles. The molecule has 4 heteroatoms. The van der Waals surface area contributed by atoms with Crippen LogP contribution in [-0.4, -0.2) is 21.3 Å². The lowest BCUT2D eigenvalue weighted by Gasteiger charge is -2.09. The summed E-state index contributed by atoms with van der Waals surface area (Å²) in [4.78, 5) is 15.3. The largest absolute Gasteiger partial charge is 0.480 e. The molecule has 1 unspecified atom stereocenters. The molecule has 0 spiro atoms. The molecule has 0 amide bonds. The van der Waals surface area contributed by atoms with E-state index in [0.29, 0.717) is 5.75 Å². The Morgan fingerprint density at radius 3 is 2.89 bits per heavy atom. The normalized spacial score (nSPS) is 12.6. The van der Waals surface area contributed by atoms with E-state index in [-0.39, 0.29) is 0 Å². The third kappa shape index (κ3) is 2.82. The van der Waals surface area contributed by atoms with Crippen LogP contribution in [0.5, 0.6) is 0 Å². The van der Waals surface area contributed by atoms with Crippen molar-refractivity contribution in [2.45, 2.75) is 24.9 Å². The van der Waals surface area contributed by atoms with Crippen LogP contribution in [0.4, 0.5) is 0 Å². The van der Waals surface area contributed by atoms with Gasteiger partial charge in [0.25, 0.3) is 0 Å². The third-order valence-corrected chi connectivity index (χ3v) is 3.95. The topological polar surface area (TPSA) is 50.2 Å². The van der Waals surface area contributed by atoms with E-state index in [4.69, 9.17) is 5.11 Å². The average Bonchev–Trinajstić information content (AvgIpc) is 2.35. The Kier molecular flexibility index (Phi) is 3.87. The second-order valence-electron chi connectivity index (χ2n) is 4.23. The summed E-state index contributed by atoms with van der Waals surface area (Å²) in [6.07, 6.45) is 0. The predicted molar refractivity (Wildman–Crippen MR) is 74.9 cm³/mol. The number of carboxylic acids is 1. The van der Waals surface area contributed by atoms with E-state index < -0.39 is 11.2 Å². The monoisotopic (exact) mass is 261 g/mol. The number of carboxylic acid groups (broad SMARTS) is 1. The molecule has 0 bridgehead atoms. The zero-order valence-electron chi connectivity index (χ0n) is 10.4. The summed E-state index contributed by atoms with van der Waals surface area (Å²) in [5.74, 6) is -0.0766. The molecule has 18 heavy (non-hydrogen) atoms. The maximum Gasteiger partial charge on any atom is 0.316 e. The highest BCUT2D eigenvalue weighted by atomic mass is 32.2. The smallest absolute Gasteiger partial charge is 0.316 e. The number of benzene rings is 1. The van der Waals surface area contributed by atoms with Gasteiger partial charge in [-0.05, 0) is 31.5 Å². The summed E-state index contributed by atoms with van der Waals surface area (Å²) >= 11 is 1.43. The Morgan fingerprint density at radius 1 is 1.44 bits per heavy atom.